The molecule has 0 aromatic heterocycles. The Kier molecular flexibility index (Phi) is 5.76. The number of nitrogens with one attached hydrogen (secondary N) is 1. The van der Waals surface area contributed by atoms with Crippen LogP contribution in [0.5, 0.6) is 0 Å². The van der Waals surface area contributed by atoms with Crippen LogP contribution in [0.15, 0.2) is 54.7 Å². The van der Waals surface area contributed by atoms with Crippen molar-refractivity contribution in [2.75, 3.05) is 0 Å². The molecule has 0 radical (unpaired) electrons. The van der Waals surface area contributed by atoms with E-state index in [-0.39, 0.29) is 23.0 Å². The number of carbonyl (C=O) groups excluding carboxylic acids is 3. The third-order valence-corrected chi connectivity index (χ3v) is 6.41. The van der Waals surface area contributed by atoms with Crippen LogP contribution in [0.1, 0.15) is 77.4 Å². The maximum absolute atomic E-state index is 12.9. The quantitative estimate of drug-likeness (QED) is 0.708. The van der Waals surface area contributed by atoms with Crippen LogP contribution in [0, 0.1) is 0 Å². The number of carbonyl (C=O) groups is 3. The lowest BCUT2D eigenvalue weighted by molar-refractivity contribution is -0.126. The molecule has 1 unspecified atom stereocenters. The molecular weight excluding hydrogens is 400 g/mol. The van der Waals surface area contributed by atoms with E-state index in [2.05, 4.69) is 32.7 Å². The first-order valence-corrected chi connectivity index (χ1v) is 11.2. The molecular formula is C27H30N2O3. The van der Waals surface area contributed by atoms with Crippen molar-refractivity contribution < 1.29 is 14.4 Å². The van der Waals surface area contributed by atoms with Crippen LogP contribution in [0.25, 0.3) is 0 Å². The first-order valence-electron chi connectivity index (χ1n) is 11.2. The van der Waals surface area contributed by atoms with E-state index in [0.717, 1.165) is 16.7 Å². The highest BCUT2D eigenvalue weighted by atomic mass is 16.2. The predicted molar refractivity (Wildman–Crippen MR) is 124 cm³/mol. The molecule has 0 saturated carbocycles. The number of amides is 2. The first kappa shape index (κ1) is 22.0. The highest BCUT2D eigenvalue weighted by Crippen LogP contribution is 2.29. The van der Waals surface area contributed by atoms with Crippen LogP contribution in [0.4, 0.5) is 0 Å². The van der Waals surface area contributed by atoms with Crippen molar-refractivity contribution in [3.63, 3.8) is 0 Å². The number of rotatable bonds is 5. The summed E-state index contributed by atoms with van der Waals surface area (Å²) in [5.41, 5.74) is 5.30. The van der Waals surface area contributed by atoms with E-state index in [1.165, 1.54) is 5.56 Å². The number of benzene rings is 2. The molecule has 2 aromatic carbocycles. The second kappa shape index (κ2) is 8.38. The number of hydrogen-bond donors (Lipinski definition) is 1. The summed E-state index contributed by atoms with van der Waals surface area (Å²) in [7, 11) is 0. The molecule has 32 heavy (non-hydrogen) atoms. The van der Waals surface area contributed by atoms with Crippen molar-refractivity contribution in [1.29, 1.82) is 0 Å². The summed E-state index contributed by atoms with van der Waals surface area (Å²) in [6.07, 6.45) is 2.31. The van der Waals surface area contributed by atoms with Crippen molar-refractivity contribution in [2.45, 2.75) is 64.5 Å². The van der Waals surface area contributed by atoms with E-state index in [9.17, 15) is 14.4 Å². The number of nitrogens with zero attached hydrogens (tertiary/aromatic N) is 1. The molecule has 2 aliphatic rings. The summed E-state index contributed by atoms with van der Waals surface area (Å²) >= 11 is 0. The second-order valence-electron chi connectivity index (χ2n) is 9.82. The van der Waals surface area contributed by atoms with Crippen LogP contribution < -0.4 is 5.32 Å². The number of aryl methyl sites for hydroxylation is 1. The van der Waals surface area contributed by atoms with Crippen LogP contribution >= 0.6 is 0 Å². The zero-order chi connectivity index (χ0) is 23.0. The molecule has 2 heterocycles. The Morgan fingerprint density at radius 1 is 1.12 bits per heavy atom. The van der Waals surface area contributed by atoms with Gasteiger partial charge in [-0.1, -0.05) is 63.7 Å². The van der Waals surface area contributed by atoms with Crippen molar-refractivity contribution >= 4 is 17.6 Å². The van der Waals surface area contributed by atoms with Crippen molar-refractivity contribution in [1.82, 2.24) is 10.2 Å². The Morgan fingerprint density at radius 3 is 2.50 bits per heavy atom. The predicted octanol–water partition coefficient (Wildman–Crippen LogP) is 4.55. The average Bonchev–Trinajstić information content (AvgIpc) is 3.07. The molecule has 2 amide bonds. The van der Waals surface area contributed by atoms with Gasteiger partial charge >= 0.3 is 0 Å². The van der Waals surface area contributed by atoms with Crippen LogP contribution in [-0.2, 0) is 23.2 Å². The molecule has 1 saturated heterocycles. The van der Waals surface area contributed by atoms with Crippen molar-refractivity contribution in [3.05, 3.63) is 82.6 Å². The number of fused-ring (bicyclic) bond motifs is 1. The molecule has 2 aliphatic heterocycles. The van der Waals surface area contributed by atoms with Gasteiger partial charge in [-0.25, -0.2) is 0 Å². The van der Waals surface area contributed by atoms with E-state index in [4.69, 9.17) is 0 Å². The Bertz CT molecular complexity index is 1090. The highest BCUT2D eigenvalue weighted by Gasteiger charge is 2.38. The molecule has 1 N–H and O–H groups in total. The number of Topliss-reactive ketones (excluding diaryl/α,β-unsaturated/α-hetero) is 1. The number of allylic oxidation sites excluding steroid dienone is 1. The zero-order valence-corrected chi connectivity index (χ0v) is 19.0. The smallest absolute Gasteiger partial charge is 0.255 e. The van der Waals surface area contributed by atoms with Crippen LogP contribution in [0.2, 0.25) is 0 Å². The van der Waals surface area contributed by atoms with Gasteiger partial charge < -0.3 is 10.2 Å². The molecule has 5 heteroatoms. The number of piperidine rings is 1. The maximum atomic E-state index is 12.9. The monoisotopic (exact) mass is 430 g/mol. The number of ketones is 1. The Morgan fingerprint density at radius 2 is 1.84 bits per heavy atom. The standard InChI is InChI=1S/C27H30N2O3/c1-17-5-13-23(25(31)28-17)29-16-20-15-18(6-12-22(20)26(29)32)7-14-24(30)19-8-10-21(11-9-19)27(2,3)4/h6,8-12,15,23H,1,5,7,13-14,16H2,2-4H3,(H,28,31). The fraction of sp³-hybridized carbons (Fsp3) is 0.370. The van der Waals surface area contributed by atoms with Crippen LogP contribution in [-0.4, -0.2) is 28.5 Å². The maximum Gasteiger partial charge on any atom is 0.255 e. The Labute approximate surface area is 189 Å². The van der Waals surface area contributed by atoms with Gasteiger partial charge in [0.05, 0.1) is 0 Å². The third kappa shape index (κ3) is 4.38. The zero-order valence-electron chi connectivity index (χ0n) is 19.0. The fourth-order valence-electron chi connectivity index (χ4n) is 4.42. The van der Waals surface area contributed by atoms with Gasteiger partial charge in [0, 0.05) is 29.8 Å². The Hall–Kier alpha value is -3.21. The second-order valence-corrected chi connectivity index (χ2v) is 9.82. The van der Waals surface area contributed by atoms with Crippen molar-refractivity contribution in [3.8, 4) is 0 Å². The highest BCUT2D eigenvalue weighted by molar-refractivity contribution is 6.01. The van der Waals surface area contributed by atoms with E-state index in [0.29, 0.717) is 43.5 Å². The van der Waals surface area contributed by atoms with Gasteiger partial charge in [-0.3, -0.25) is 14.4 Å². The molecule has 2 aromatic rings. The topological polar surface area (TPSA) is 66.5 Å². The lowest BCUT2D eigenvalue weighted by Gasteiger charge is -2.30. The largest absolute Gasteiger partial charge is 0.329 e. The third-order valence-electron chi connectivity index (χ3n) is 6.41. The SMILES string of the molecule is C=C1CCC(N2Cc3cc(CCC(=O)c4ccc(C(C)(C)C)cc4)ccc3C2=O)C(=O)N1. The van der Waals surface area contributed by atoms with Gasteiger partial charge in [-0.05, 0) is 47.4 Å². The minimum absolute atomic E-state index is 0.0591. The normalized spacial score (nSPS) is 18.5. The van der Waals surface area contributed by atoms with Crippen LogP contribution in [0.3, 0.4) is 0 Å². The van der Waals surface area contributed by atoms with E-state index >= 15 is 0 Å². The Balaban J connectivity index is 1.40. The minimum atomic E-state index is -0.457. The van der Waals surface area contributed by atoms with Gasteiger partial charge in [0.2, 0.25) is 5.91 Å². The summed E-state index contributed by atoms with van der Waals surface area (Å²) < 4.78 is 0. The molecule has 0 aliphatic carbocycles. The lowest BCUT2D eigenvalue weighted by atomic mass is 9.86. The van der Waals surface area contributed by atoms with E-state index in [1.54, 1.807) is 4.90 Å². The first-order chi connectivity index (χ1) is 15.1. The molecule has 5 nitrogen and oxygen atoms in total. The van der Waals surface area contributed by atoms with E-state index < -0.39 is 6.04 Å². The molecule has 1 atom stereocenters. The fourth-order valence-corrected chi connectivity index (χ4v) is 4.42. The van der Waals surface area contributed by atoms with Crippen molar-refractivity contribution in [2.24, 2.45) is 0 Å². The minimum Gasteiger partial charge on any atom is -0.329 e. The van der Waals surface area contributed by atoms with Gasteiger partial charge in [0.15, 0.2) is 5.78 Å². The molecule has 1 fully saturated rings. The summed E-state index contributed by atoms with van der Waals surface area (Å²) in [4.78, 5) is 39.5. The number of hydrogen-bond acceptors (Lipinski definition) is 3. The van der Waals surface area contributed by atoms with Gasteiger partial charge in [0.1, 0.15) is 6.04 Å². The van der Waals surface area contributed by atoms with Gasteiger partial charge in [-0.15, -0.1) is 0 Å². The summed E-state index contributed by atoms with van der Waals surface area (Å²) in [5, 5.41) is 2.76. The summed E-state index contributed by atoms with van der Waals surface area (Å²) in [6, 6.07) is 13.2. The molecule has 0 bridgehead atoms. The lowest BCUT2D eigenvalue weighted by Crippen LogP contribution is -2.49. The summed E-state index contributed by atoms with van der Waals surface area (Å²) in [5.74, 6) is -0.150. The van der Waals surface area contributed by atoms with Gasteiger partial charge in [-0.2, -0.15) is 0 Å². The molecule has 0 spiro atoms. The average molecular weight is 431 g/mol. The van der Waals surface area contributed by atoms with E-state index in [1.807, 2.05) is 42.5 Å². The summed E-state index contributed by atoms with van der Waals surface area (Å²) in [6.45, 7) is 10.7. The molecule has 4 rings (SSSR count). The molecule has 166 valence electrons. The van der Waals surface area contributed by atoms with Gasteiger partial charge in [0.25, 0.3) is 5.91 Å².